The zero-order chi connectivity index (χ0) is 21.1. The number of carbonyl (C=O) groups is 2. The zero-order valence-corrected chi connectivity index (χ0v) is 17.9. The first-order valence-corrected chi connectivity index (χ1v) is 11.6. The normalized spacial score (nSPS) is 25.3. The highest BCUT2D eigenvalue weighted by Crippen LogP contribution is 2.52. The molecule has 2 amide bonds. The molecule has 1 aromatic rings. The largest absolute Gasteiger partial charge is 0.465 e. The lowest BCUT2D eigenvalue weighted by molar-refractivity contribution is -0.124. The number of nitrogens with two attached hydrogens (primary N) is 1. The lowest BCUT2D eigenvalue weighted by Gasteiger charge is -2.51. The van der Waals surface area contributed by atoms with E-state index in [9.17, 15) is 14.7 Å². The Bertz CT molecular complexity index is 751. The second-order valence-corrected chi connectivity index (χ2v) is 9.61. The Kier molecular flexibility index (Phi) is 6.32. The molecule has 0 bridgehead atoms. The first kappa shape index (κ1) is 21.2. The van der Waals surface area contributed by atoms with Crippen molar-refractivity contribution in [3.05, 3.63) is 35.4 Å². The summed E-state index contributed by atoms with van der Waals surface area (Å²) < 4.78 is 0. The van der Waals surface area contributed by atoms with E-state index in [0.29, 0.717) is 13.1 Å². The van der Waals surface area contributed by atoms with Gasteiger partial charge in [-0.2, -0.15) is 0 Å². The Hall–Kier alpha value is -2.08. The van der Waals surface area contributed by atoms with Gasteiger partial charge in [-0.25, -0.2) is 4.79 Å². The molecule has 3 N–H and O–H groups in total. The molecule has 1 spiro atoms. The maximum Gasteiger partial charge on any atom is 0.407 e. The van der Waals surface area contributed by atoms with Crippen LogP contribution in [0.5, 0.6) is 0 Å². The lowest BCUT2D eigenvalue weighted by Crippen LogP contribution is -2.53. The number of amides is 2. The van der Waals surface area contributed by atoms with E-state index in [1.54, 1.807) is 0 Å². The van der Waals surface area contributed by atoms with E-state index in [0.717, 1.165) is 57.3 Å². The topological polar surface area (TPSA) is 86.9 Å². The van der Waals surface area contributed by atoms with Gasteiger partial charge in [-0.1, -0.05) is 43.5 Å². The molecule has 2 heterocycles. The van der Waals surface area contributed by atoms with Gasteiger partial charge in [-0.3, -0.25) is 9.69 Å². The predicted molar refractivity (Wildman–Crippen MR) is 116 cm³/mol. The van der Waals surface area contributed by atoms with Gasteiger partial charge in [0.25, 0.3) is 0 Å². The Morgan fingerprint density at radius 1 is 1.00 bits per heavy atom. The maximum absolute atomic E-state index is 12.7. The van der Waals surface area contributed by atoms with E-state index >= 15 is 0 Å². The standard InChI is InChI=1S/C24H35N3O3/c25-22(28)21(19-8-6-18(7-9-19)16-26-13-4-5-14-26)20-17-27(23(29)30)15-12-24(20)10-2-1-3-11-24/h6-9,20-21H,1-5,10-17H2,(H2,25,28)(H,29,30). The first-order chi connectivity index (χ1) is 14.5. The average molecular weight is 414 g/mol. The Labute approximate surface area is 179 Å². The van der Waals surface area contributed by atoms with Gasteiger partial charge in [-0.05, 0) is 67.7 Å². The molecular formula is C24H35N3O3. The van der Waals surface area contributed by atoms with Gasteiger partial charge in [0.15, 0.2) is 0 Å². The van der Waals surface area contributed by atoms with Gasteiger partial charge in [0.05, 0.1) is 5.92 Å². The number of piperidine rings is 1. The molecule has 164 valence electrons. The maximum atomic E-state index is 12.7. The van der Waals surface area contributed by atoms with Crippen LogP contribution in [0, 0.1) is 11.3 Å². The lowest BCUT2D eigenvalue weighted by atomic mass is 9.57. The Morgan fingerprint density at radius 2 is 1.67 bits per heavy atom. The van der Waals surface area contributed by atoms with Crippen LogP contribution in [0.3, 0.4) is 0 Å². The van der Waals surface area contributed by atoms with E-state index in [2.05, 4.69) is 29.2 Å². The average Bonchev–Trinajstić information content (AvgIpc) is 3.24. The number of likely N-dealkylation sites (tertiary alicyclic amines) is 2. The first-order valence-electron chi connectivity index (χ1n) is 11.6. The molecule has 2 saturated heterocycles. The third-order valence-corrected chi connectivity index (χ3v) is 7.86. The van der Waals surface area contributed by atoms with Crippen molar-refractivity contribution in [2.45, 2.75) is 63.8 Å². The summed E-state index contributed by atoms with van der Waals surface area (Å²) in [5.41, 5.74) is 8.19. The second-order valence-electron chi connectivity index (χ2n) is 9.61. The summed E-state index contributed by atoms with van der Waals surface area (Å²) in [6.45, 7) is 4.22. The molecule has 4 rings (SSSR count). The Balaban J connectivity index is 1.60. The third-order valence-electron chi connectivity index (χ3n) is 7.86. The predicted octanol–water partition coefficient (Wildman–Crippen LogP) is 3.80. The highest BCUT2D eigenvalue weighted by molar-refractivity contribution is 5.82. The van der Waals surface area contributed by atoms with E-state index in [-0.39, 0.29) is 17.2 Å². The summed E-state index contributed by atoms with van der Waals surface area (Å²) in [5, 5.41) is 9.61. The number of benzene rings is 1. The van der Waals surface area contributed by atoms with Crippen molar-refractivity contribution in [3.8, 4) is 0 Å². The van der Waals surface area contributed by atoms with Crippen LogP contribution in [0.4, 0.5) is 4.79 Å². The number of hydrogen-bond donors (Lipinski definition) is 2. The molecule has 0 aromatic heterocycles. The molecular weight excluding hydrogens is 378 g/mol. The molecule has 0 radical (unpaired) electrons. The smallest absolute Gasteiger partial charge is 0.407 e. The van der Waals surface area contributed by atoms with Crippen LogP contribution in [0.25, 0.3) is 0 Å². The quantitative estimate of drug-likeness (QED) is 0.769. The van der Waals surface area contributed by atoms with Gasteiger partial charge < -0.3 is 15.7 Å². The zero-order valence-electron chi connectivity index (χ0n) is 17.9. The summed E-state index contributed by atoms with van der Waals surface area (Å²) >= 11 is 0. The van der Waals surface area contributed by atoms with E-state index < -0.39 is 12.0 Å². The molecule has 2 atom stereocenters. The fraction of sp³-hybridized carbons (Fsp3) is 0.667. The molecule has 1 aliphatic carbocycles. The minimum absolute atomic E-state index is 0.0259. The molecule has 6 nitrogen and oxygen atoms in total. The molecule has 30 heavy (non-hydrogen) atoms. The van der Waals surface area contributed by atoms with Crippen molar-refractivity contribution in [1.29, 1.82) is 0 Å². The minimum Gasteiger partial charge on any atom is -0.465 e. The molecule has 1 aromatic carbocycles. The summed E-state index contributed by atoms with van der Waals surface area (Å²) in [7, 11) is 0. The van der Waals surface area contributed by atoms with E-state index in [1.165, 1.54) is 29.7 Å². The molecule has 3 aliphatic rings. The highest BCUT2D eigenvalue weighted by atomic mass is 16.4. The molecule has 3 fully saturated rings. The van der Waals surface area contributed by atoms with Gasteiger partial charge in [0.2, 0.25) is 5.91 Å². The summed E-state index contributed by atoms with van der Waals surface area (Å²) in [6.07, 6.45) is 8.16. The number of hydrogen-bond acceptors (Lipinski definition) is 3. The van der Waals surface area contributed by atoms with Crippen LogP contribution in [-0.4, -0.2) is 53.1 Å². The van der Waals surface area contributed by atoms with Gasteiger partial charge in [-0.15, -0.1) is 0 Å². The van der Waals surface area contributed by atoms with Crippen LogP contribution < -0.4 is 5.73 Å². The van der Waals surface area contributed by atoms with Crippen LogP contribution >= 0.6 is 0 Å². The molecule has 2 aliphatic heterocycles. The van der Waals surface area contributed by atoms with Crippen LogP contribution in [-0.2, 0) is 11.3 Å². The van der Waals surface area contributed by atoms with Crippen molar-refractivity contribution >= 4 is 12.0 Å². The SMILES string of the molecule is NC(=O)C(c1ccc(CN2CCCC2)cc1)C1CN(C(=O)O)CCC12CCCCC2. The van der Waals surface area contributed by atoms with Crippen molar-refractivity contribution in [2.24, 2.45) is 17.1 Å². The van der Waals surface area contributed by atoms with Crippen LogP contribution in [0.2, 0.25) is 0 Å². The van der Waals surface area contributed by atoms with Crippen molar-refractivity contribution in [3.63, 3.8) is 0 Å². The van der Waals surface area contributed by atoms with Gasteiger partial charge in [0, 0.05) is 19.6 Å². The number of nitrogens with zero attached hydrogens (tertiary/aromatic N) is 2. The number of primary amides is 1. The Morgan fingerprint density at radius 3 is 2.27 bits per heavy atom. The van der Waals surface area contributed by atoms with Crippen molar-refractivity contribution < 1.29 is 14.7 Å². The van der Waals surface area contributed by atoms with Crippen LogP contribution in [0.1, 0.15) is 68.4 Å². The van der Waals surface area contributed by atoms with Crippen molar-refractivity contribution in [2.75, 3.05) is 26.2 Å². The summed E-state index contributed by atoms with van der Waals surface area (Å²) in [5.74, 6) is -0.819. The van der Waals surface area contributed by atoms with Crippen molar-refractivity contribution in [1.82, 2.24) is 9.80 Å². The van der Waals surface area contributed by atoms with E-state index in [1.807, 2.05) is 0 Å². The summed E-state index contributed by atoms with van der Waals surface area (Å²) in [6, 6.07) is 8.35. The summed E-state index contributed by atoms with van der Waals surface area (Å²) in [4.78, 5) is 28.4. The fourth-order valence-electron chi connectivity index (χ4n) is 6.20. The van der Waals surface area contributed by atoms with Gasteiger partial charge in [0.1, 0.15) is 0 Å². The van der Waals surface area contributed by atoms with Crippen LogP contribution in [0.15, 0.2) is 24.3 Å². The number of carboxylic acid groups (broad SMARTS) is 1. The highest BCUT2D eigenvalue weighted by Gasteiger charge is 2.49. The number of carbonyl (C=O) groups excluding carboxylic acids is 1. The number of rotatable bonds is 5. The molecule has 6 heteroatoms. The molecule has 1 saturated carbocycles. The fourth-order valence-corrected chi connectivity index (χ4v) is 6.20. The monoisotopic (exact) mass is 413 g/mol. The molecule has 2 unspecified atom stereocenters. The van der Waals surface area contributed by atoms with E-state index in [4.69, 9.17) is 5.73 Å². The second kappa shape index (κ2) is 8.96. The van der Waals surface area contributed by atoms with Gasteiger partial charge >= 0.3 is 6.09 Å². The minimum atomic E-state index is -0.894. The third kappa shape index (κ3) is 4.34.